The average molecular weight is 326 g/mol. The Labute approximate surface area is 143 Å². The summed E-state index contributed by atoms with van der Waals surface area (Å²) in [6.07, 6.45) is 3.70. The molecule has 3 rings (SSSR count). The quantitative estimate of drug-likeness (QED) is 0.764. The lowest BCUT2D eigenvalue weighted by molar-refractivity contribution is 0.230. The summed E-state index contributed by atoms with van der Waals surface area (Å²) >= 11 is 0. The van der Waals surface area contributed by atoms with Crippen molar-refractivity contribution < 1.29 is 4.74 Å². The van der Waals surface area contributed by atoms with Gasteiger partial charge in [-0.15, -0.1) is 0 Å². The number of aromatic nitrogens is 1. The van der Waals surface area contributed by atoms with Gasteiger partial charge in [0.1, 0.15) is 5.75 Å². The lowest BCUT2D eigenvalue weighted by Crippen LogP contribution is -2.28. The van der Waals surface area contributed by atoms with Crippen LogP contribution in [0.3, 0.4) is 0 Å². The van der Waals surface area contributed by atoms with E-state index < -0.39 is 0 Å². The molecule has 1 aromatic carbocycles. The molecule has 1 atom stereocenters. The molecule has 0 unspecified atom stereocenters. The molecule has 1 aliphatic heterocycles. The van der Waals surface area contributed by atoms with Gasteiger partial charge in [-0.2, -0.15) is 0 Å². The normalized spacial score (nSPS) is 18.0. The maximum Gasteiger partial charge on any atom is 0.250 e. The van der Waals surface area contributed by atoms with Gasteiger partial charge in [0.05, 0.1) is 12.3 Å². The van der Waals surface area contributed by atoms with Crippen molar-refractivity contribution in [2.75, 3.05) is 19.7 Å². The largest absolute Gasteiger partial charge is 0.494 e. The number of pyridine rings is 1. The molecule has 1 fully saturated rings. The van der Waals surface area contributed by atoms with Crippen LogP contribution in [0.25, 0.3) is 11.3 Å². The van der Waals surface area contributed by atoms with E-state index in [4.69, 9.17) is 4.74 Å². The number of hydrogen-bond acceptors (Lipinski definition) is 3. The summed E-state index contributed by atoms with van der Waals surface area (Å²) in [7, 11) is 1.79. The molecule has 2 heterocycles. The minimum absolute atomic E-state index is 0.00367. The van der Waals surface area contributed by atoms with E-state index in [0.29, 0.717) is 0 Å². The molecule has 0 saturated carbocycles. The molecule has 1 saturated heterocycles. The maximum absolute atomic E-state index is 11.7. The lowest BCUT2D eigenvalue weighted by atomic mass is 10.1. The number of benzene rings is 1. The Bertz CT molecular complexity index is 721. The van der Waals surface area contributed by atoms with Gasteiger partial charge in [-0.3, -0.25) is 4.79 Å². The van der Waals surface area contributed by atoms with Gasteiger partial charge >= 0.3 is 0 Å². The summed E-state index contributed by atoms with van der Waals surface area (Å²) in [5.41, 5.74) is 1.94. The Morgan fingerprint density at radius 2 is 1.96 bits per heavy atom. The van der Waals surface area contributed by atoms with Gasteiger partial charge in [0.15, 0.2) is 0 Å². The summed E-state index contributed by atoms with van der Waals surface area (Å²) in [4.78, 5) is 14.3. The number of likely N-dealkylation sites (tertiary alicyclic amines) is 1. The highest BCUT2D eigenvalue weighted by molar-refractivity contribution is 5.60. The monoisotopic (exact) mass is 326 g/mol. The molecule has 1 aromatic heterocycles. The minimum Gasteiger partial charge on any atom is -0.494 e. The minimum atomic E-state index is 0.00367. The van der Waals surface area contributed by atoms with Crippen LogP contribution in [0.2, 0.25) is 0 Å². The summed E-state index contributed by atoms with van der Waals surface area (Å²) < 4.78 is 7.51. The van der Waals surface area contributed by atoms with Gasteiger partial charge < -0.3 is 14.2 Å². The lowest BCUT2D eigenvalue weighted by Gasteiger charge is -2.20. The summed E-state index contributed by atoms with van der Waals surface area (Å²) in [6.45, 7) is 5.40. The smallest absolute Gasteiger partial charge is 0.250 e. The molecule has 0 bridgehead atoms. The first-order chi connectivity index (χ1) is 11.6. The first-order valence-corrected chi connectivity index (χ1v) is 8.78. The van der Waals surface area contributed by atoms with Gasteiger partial charge in [-0.1, -0.05) is 6.07 Å². The third-order valence-corrected chi connectivity index (χ3v) is 4.88. The molecular weight excluding hydrogens is 300 g/mol. The fourth-order valence-electron chi connectivity index (χ4n) is 3.36. The summed E-state index contributed by atoms with van der Waals surface area (Å²) in [6, 6.07) is 14.0. The van der Waals surface area contributed by atoms with Gasteiger partial charge in [-0.25, -0.2) is 0 Å². The van der Waals surface area contributed by atoms with E-state index in [-0.39, 0.29) is 5.56 Å². The van der Waals surface area contributed by atoms with Crippen molar-refractivity contribution in [3.63, 3.8) is 0 Å². The van der Waals surface area contributed by atoms with Crippen LogP contribution in [-0.4, -0.2) is 35.2 Å². The zero-order valence-corrected chi connectivity index (χ0v) is 14.6. The Hall–Kier alpha value is -2.07. The first kappa shape index (κ1) is 16.8. The van der Waals surface area contributed by atoms with Crippen molar-refractivity contribution in [3.8, 4) is 17.0 Å². The highest BCUT2D eigenvalue weighted by Crippen LogP contribution is 2.21. The number of hydrogen-bond donors (Lipinski definition) is 0. The zero-order chi connectivity index (χ0) is 16.9. The molecule has 0 radical (unpaired) electrons. The molecule has 4 nitrogen and oxygen atoms in total. The molecule has 1 aliphatic rings. The van der Waals surface area contributed by atoms with Crippen molar-refractivity contribution in [2.24, 2.45) is 7.05 Å². The van der Waals surface area contributed by atoms with Crippen molar-refractivity contribution in [1.82, 2.24) is 9.47 Å². The van der Waals surface area contributed by atoms with E-state index in [1.165, 1.54) is 19.4 Å². The highest BCUT2D eigenvalue weighted by Gasteiger charge is 2.18. The summed E-state index contributed by atoms with van der Waals surface area (Å²) in [5, 5.41) is 0. The Morgan fingerprint density at radius 1 is 1.17 bits per heavy atom. The topological polar surface area (TPSA) is 34.5 Å². The second-order valence-electron chi connectivity index (χ2n) is 6.56. The number of nitrogens with zero attached hydrogens (tertiary/aromatic N) is 2. The van der Waals surface area contributed by atoms with Crippen molar-refractivity contribution >= 4 is 0 Å². The molecule has 4 heteroatoms. The summed E-state index contributed by atoms with van der Waals surface area (Å²) in [5.74, 6) is 0.883. The Kier molecular flexibility index (Phi) is 5.36. The van der Waals surface area contributed by atoms with Crippen LogP contribution in [0, 0.1) is 0 Å². The van der Waals surface area contributed by atoms with Gasteiger partial charge in [0.2, 0.25) is 0 Å². The standard InChI is InChI=1S/C20H26N2O2/c1-16-6-4-13-22(16)14-5-15-24-18-11-9-17(10-12-18)19-7-3-8-20(23)21(19)2/h3,7-12,16H,4-6,13-15H2,1-2H3/t16-/m1/s1. The fourth-order valence-corrected chi connectivity index (χ4v) is 3.36. The second-order valence-corrected chi connectivity index (χ2v) is 6.56. The predicted molar refractivity (Wildman–Crippen MR) is 97.5 cm³/mol. The van der Waals surface area contributed by atoms with Crippen molar-refractivity contribution in [2.45, 2.75) is 32.2 Å². The highest BCUT2D eigenvalue weighted by atomic mass is 16.5. The third kappa shape index (κ3) is 3.88. The maximum atomic E-state index is 11.7. The number of ether oxygens (including phenoxy) is 1. The molecule has 2 aromatic rings. The van der Waals surface area contributed by atoms with E-state index in [0.717, 1.165) is 42.6 Å². The molecule has 0 spiro atoms. The third-order valence-electron chi connectivity index (χ3n) is 4.88. The fraction of sp³-hybridized carbons (Fsp3) is 0.450. The predicted octanol–water partition coefficient (Wildman–Crippen LogP) is 3.31. The van der Waals surface area contributed by atoms with E-state index in [2.05, 4.69) is 11.8 Å². The molecule has 0 amide bonds. The van der Waals surface area contributed by atoms with Crippen LogP contribution < -0.4 is 10.3 Å². The van der Waals surface area contributed by atoms with Crippen LogP contribution in [0.15, 0.2) is 47.3 Å². The zero-order valence-electron chi connectivity index (χ0n) is 14.6. The average Bonchev–Trinajstić information content (AvgIpc) is 3.00. The molecule has 128 valence electrons. The Balaban J connectivity index is 1.53. The van der Waals surface area contributed by atoms with Crippen molar-refractivity contribution in [1.29, 1.82) is 0 Å². The van der Waals surface area contributed by atoms with Gasteiger partial charge in [0.25, 0.3) is 5.56 Å². The van der Waals surface area contributed by atoms with E-state index in [1.54, 1.807) is 23.7 Å². The van der Waals surface area contributed by atoms with E-state index in [1.807, 2.05) is 30.3 Å². The molecule has 0 N–H and O–H groups in total. The van der Waals surface area contributed by atoms with E-state index >= 15 is 0 Å². The van der Waals surface area contributed by atoms with Crippen LogP contribution in [0.4, 0.5) is 0 Å². The van der Waals surface area contributed by atoms with Crippen LogP contribution in [-0.2, 0) is 7.05 Å². The van der Waals surface area contributed by atoms with Crippen LogP contribution >= 0.6 is 0 Å². The number of rotatable bonds is 6. The van der Waals surface area contributed by atoms with Crippen molar-refractivity contribution in [3.05, 3.63) is 52.8 Å². The Morgan fingerprint density at radius 3 is 2.67 bits per heavy atom. The molecule has 0 aliphatic carbocycles. The van der Waals surface area contributed by atoms with Gasteiger partial charge in [-0.05, 0) is 68.6 Å². The SMILES string of the molecule is C[C@@H]1CCCN1CCCOc1ccc(-c2cccc(=O)n2C)cc1. The van der Waals surface area contributed by atoms with Crippen LogP contribution in [0.5, 0.6) is 5.75 Å². The first-order valence-electron chi connectivity index (χ1n) is 8.78. The van der Waals surface area contributed by atoms with Gasteiger partial charge in [0, 0.05) is 25.7 Å². The molecule has 24 heavy (non-hydrogen) atoms. The van der Waals surface area contributed by atoms with Crippen LogP contribution in [0.1, 0.15) is 26.2 Å². The molecular formula is C20H26N2O2. The van der Waals surface area contributed by atoms with E-state index in [9.17, 15) is 4.79 Å². The second kappa shape index (κ2) is 7.67.